The highest BCUT2D eigenvalue weighted by atomic mass is 16.5. The van der Waals surface area contributed by atoms with Gasteiger partial charge in [-0.05, 0) is 57.2 Å². The molecule has 3 rings (SSSR count). The summed E-state index contributed by atoms with van der Waals surface area (Å²) in [7, 11) is 0. The van der Waals surface area contributed by atoms with Crippen LogP contribution < -0.4 is 15.4 Å². The summed E-state index contributed by atoms with van der Waals surface area (Å²) in [5.41, 5.74) is 1.99. The number of ether oxygens (including phenoxy) is 2. The maximum atomic E-state index is 11.7. The Labute approximate surface area is 169 Å². The van der Waals surface area contributed by atoms with Crippen LogP contribution in [0.3, 0.4) is 0 Å². The number of hydrogen-bond acceptors (Lipinski definition) is 8. The van der Waals surface area contributed by atoms with E-state index in [1.165, 1.54) is 6.20 Å². The number of benzene rings is 2. The second-order valence-corrected chi connectivity index (χ2v) is 6.38. The van der Waals surface area contributed by atoms with Crippen LogP contribution in [0.1, 0.15) is 31.1 Å². The maximum absolute atomic E-state index is 11.7. The van der Waals surface area contributed by atoms with Gasteiger partial charge in [-0.3, -0.25) is 0 Å². The Morgan fingerprint density at radius 3 is 2.55 bits per heavy atom. The van der Waals surface area contributed by atoms with Gasteiger partial charge in [-0.15, -0.1) is 5.10 Å². The molecular formula is C21H23N5O3. The van der Waals surface area contributed by atoms with Crippen LogP contribution in [0.25, 0.3) is 0 Å². The highest BCUT2D eigenvalue weighted by Gasteiger charge is 2.09. The minimum absolute atomic E-state index is 0.0440. The van der Waals surface area contributed by atoms with Crippen molar-refractivity contribution >= 4 is 29.1 Å². The van der Waals surface area contributed by atoms with Crippen LogP contribution in [0, 0.1) is 0 Å². The Balaban J connectivity index is 1.71. The van der Waals surface area contributed by atoms with Gasteiger partial charge < -0.3 is 20.1 Å². The van der Waals surface area contributed by atoms with E-state index < -0.39 is 0 Å². The number of rotatable bonds is 8. The lowest BCUT2D eigenvalue weighted by molar-refractivity contribution is 0.0526. The monoisotopic (exact) mass is 393 g/mol. The first-order chi connectivity index (χ1) is 14.0. The Kier molecular flexibility index (Phi) is 6.57. The van der Waals surface area contributed by atoms with Crippen LogP contribution in [0.5, 0.6) is 5.75 Å². The Morgan fingerprint density at radius 2 is 1.83 bits per heavy atom. The lowest BCUT2D eigenvalue weighted by atomic mass is 10.2. The van der Waals surface area contributed by atoms with E-state index in [-0.39, 0.29) is 12.1 Å². The van der Waals surface area contributed by atoms with Crippen molar-refractivity contribution in [2.75, 3.05) is 17.2 Å². The maximum Gasteiger partial charge on any atom is 0.338 e. The number of esters is 1. The first kappa shape index (κ1) is 20.1. The summed E-state index contributed by atoms with van der Waals surface area (Å²) in [5.74, 6) is 1.20. The number of carbonyl (C=O) groups excluding carboxylic acids is 1. The van der Waals surface area contributed by atoms with Crippen LogP contribution in [0.2, 0.25) is 0 Å². The van der Waals surface area contributed by atoms with Crippen molar-refractivity contribution < 1.29 is 14.3 Å². The third kappa shape index (κ3) is 5.65. The summed E-state index contributed by atoms with van der Waals surface area (Å²) >= 11 is 0. The first-order valence-electron chi connectivity index (χ1n) is 9.31. The van der Waals surface area contributed by atoms with Crippen molar-refractivity contribution in [2.45, 2.75) is 26.9 Å². The standard InChI is InChI=1S/C21H23N5O3/c1-4-28-20(27)15-9-11-16(12-10-15)23-19-13-22-26-21(25-19)24-17-7-5-6-8-18(17)29-14(2)3/h5-14H,4H2,1-3H3,(H2,23,24,25,26). The SMILES string of the molecule is CCOC(=O)c1ccc(Nc2cnnc(Nc3ccccc3OC(C)C)n2)cc1. The molecule has 0 saturated carbocycles. The number of para-hydroxylation sites is 2. The first-order valence-corrected chi connectivity index (χ1v) is 9.31. The number of aromatic nitrogens is 3. The minimum Gasteiger partial charge on any atom is -0.489 e. The normalized spacial score (nSPS) is 10.5. The molecule has 0 atom stereocenters. The van der Waals surface area contributed by atoms with E-state index in [0.717, 1.165) is 11.4 Å². The summed E-state index contributed by atoms with van der Waals surface area (Å²) in [5, 5.41) is 14.3. The van der Waals surface area contributed by atoms with Crippen molar-refractivity contribution in [3.05, 3.63) is 60.3 Å². The van der Waals surface area contributed by atoms with Crippen molar-refractivity contribution in [1.82, 2.24) is 15.2 Å². The topological polar surface area (TPSA) is 98.3 Å². The summed E-state index contributed by atoms with van der Waals surface area (Å²) in [6.07, 6.45) is 1.56. The Hall–Kier alpha value is -3.68. The fourth-order valence-electron chi connectivity index (χ4n) is 2.52. The fourth-order valence-corrected chi connectivity index (χ4v) is 2.52. The lowest BCUT2D eigenvalue weighted by Gasteiger charge is -2.14. The zero-order valence-electron chi connectivity index (χ0n) is 16.5. The molecule has 0 saturated heterocycles. The molecule has 0 bridgehead atoms. The summed E-state index contributed by atoms with van der Waals surface area (Å²) in [6, 6.07) is 14.5. The van der Waals surface area contributed by atoms with E-state index in [1.807, 2.05) is 38.1 Å². The van der Waals surface area contributed by atoms with E-state index in [0.29, 0.717) is 29.7 Å². The molecule has 0 aliphatic rings. The molecular weight excluding hydrogens is 370 g/mol. The molecule has 0 spiro atoms. The van der Waals surface area contributed by atoms with Gasteiger partial charge in [0.25, 0.3) is 0 Å². The largest absolute Gasteiger partial charge is 0.489 e. The molecule has 2 aromatic carbocycles. The summed E-state index contributed by atoms with van der Waals surface area (Å²) in [6.45, 7) is 6.04. The van der Waals surface area contributed by atoms with Gasteiger partial charge in [0.05, 0.1) is 30.2 Å². The average molecular weight is 393 g/mol. The predicted molar refractivity (Wildman–Crippen MR) is 111 cm³/mol. The smallest absolute Gasteiger partial charge is 0.338 e. The molecule has 0 aliphatic carbocycles. The van der Waals surface area contributed by atoms with Crippen LogP contribution in [0.4, 0.5) is 23.1 Å². The predicted octanol–water partition coefficient (Wildman–Crippen LogP) is 4.32. The van der Waals surface area contributed by atoms with E-state index in [1.54, 1.807) is 31.2 Å². The number of anilines is 4. The number of nitrogens with zero attached hydrogens (tertiary/aromatic N) is 3. The highest BCUT2D eigenvalue weighted by Crippen LogP contribution is 2.27. The molecule has 8 nitrogen and oxygen atoms in total. The van der Waals surface area contributed by atoms with Crippen LogP contribution >= 0.6 is 0 Å². The highest BCUT2D eigenvalue weighted by molar-refractivity contribution is 5.89. The van der Waals surface area contributed by atoms with Gasteiger partial charge in [0.1, 0.15) is 5.75 Å². The number of hydrogen-bond donors (Lipinski definition) is 2. The molecule has 1 heterocycles. The Morgan fingerprint density at radius 1 is 1.07 bits per heavy atom. The van der Waals surface area contributed by atoms with Gasteiger partial charge >= 0.3 is 5.97 Å². The van der Waals surface area contributed by atoms with Crippen molar-refractivity contribution in [3.63, 3.8) is 0 Å². The average Bonchev–Trinajstić information content (AvgIpc) is 2.70. The Bertz CT molecular complexity index is 961. The molecule has 2 N–H and O–H groups in total. The van der Waals surface area contributed by atoms with E-state index in [9.17, 15) is 4.79 Å². The third-order valence-corrected chi connectivity index (χ3v) is 3.72. The molecule has 1 aromatic heterocycles. The van der Waals surface area contributed by atoms with Gasteiger partial charge in [-0.2, -0.15) is 10.1 Å². The van der Waals surface area contributed by atoms with E-state index >= 15 is 0 Å². The second-order valence-electron chi connectivity index (χ2n) is 6.38. The van der Waals surface area contributed by atoms with Crippen molar-refractivity contribution in [2.24, 2.45) is 0 Å². The molecule has 0 unspecified atom stereocenters. The zero-order chi connectivity index (χ0) is 20.6. The molecule has 8 heteroatoms. The molecule has 0 amide bonds. The molecule has 0 fully saturated rings. The molecule has 3 aromatic rings. The molecule has 150 valence electrons. The van der Waals surface area contributed by atoms with Crippen LogP contribution in [-0.4, -0.2) is 33.9 Å². The molecule has 29 heavy (non-hydrogen) atoms. The molecule has 0 radical (unpaired) electrons. The lowest BCUT2D eigenvalue weighted by Crippen LogP contribution is -2.08. The van der Waals surface area contributed by atoms with Crippen molar-refractivity contribution in [1.29, 1.82) is 0 Å². The number of carbonyl (C=O) groups is 1. The van der Waals surface area contributed by atoms with E-state index in [2.05, 4.69) is 25.8 Å². The number of nitrogens with one attached hydrogen (secondary N) is 2. The molecule has 0 aliphatic heterocycles. The van der Waals surface area contributed by atoms with Crippen LogP contribution in [-0.2, 0) is 4.74 Å². The van der Waals surface area contributed by atoms with Crippen molar-refractivity contribution in [3.8, 4) is 5.75 Å². The summed E-state index contributed by atoms with van der Waals surface area (Å²) < 4.78 is 10.8. The van der Waals surface area contributed by atoms with Gasteiger partial charge in [0, 0.05) is 5.69 Å². The van der Waals surface area contributed by atoms with E-state index in [4.69, 9.17) is 9.47 Å². The van der Waals surface area contributed by atoms with Gasteiger partial charge in [0.15, 0.2) is 5.82 Å². The minimum atomic E-state index is -0.350. The van der Waals surface area contributed by atoms with Gasteiger partial charge in [-0.25, -0.2) is 4.79 Å². The van der Waals surface area contributed by atoms with Gasteiger partial charge in [0.2, 0.25) is 5.95 Å². The third-order valence-electron chi connectivity index (χ3n) is 3.72. The summed E-state index contributed by atoms with van der Waals surface area (Å²) in [4.78, 5) is 16.2. The van der Waals surface area contributed by atoms with Gasteiger partial charge in [-0.1, -0.05) is 12.1 Å². The second kappa shape index (κ2) is 9.50. The van der Waals surface area contributed by atoms with Crippen LogP contribution in [0.15, 0.2) is 54.7 Å². The fraction of sp³-hybridized carbons (Fsp3) is 0.238. The quantitative estimate of drug-likeness (QED) is 0.546. The zero-order valence-corrected chi connectivity index (χ0v) is 16.5.